The first-order chi connectivity index (χ1) is 10.6. The molecule has 140 valence electrons. The highest BCUT2D eigenvalue weighted by atomic mass is 127. The molecule has 0 fully saturated rings. The Morgan fingerprint density at radius 3 is 2.54 bits per heavy atom. The summed E-state index contributed by atoms with van der Waals surface area (Å²) in [4.78, 5) is 4.34. The summed E-state index contributed by atoms with van der Waals surface area (Å²) in [5.41, 5.74) is -1.20. The van der Waals surface area contributed by atoms with Crippen LogP contribution in [0.5, 0.6) is 0 Å². The van der Waals surface area contributed by atoms with Crippen LogP contribution in [0.1, 0.15) is 31.8 Å². The molecule has 0 amide bonds. The molecule has 1 aromatic rings. The number of hydrogen-bond donors (Lipinski definition) is 3. The first-order valence-electron chi connectivity index (χ1n) is 7.63. The molecule has 1 unspecified atom stereocenters. The number of nitrogens with zero attached hydrogens (tertiary/aromatic N) is 1. The molecule has 0 aliphatic carbocycles. The van der Waals surface area contributed by atoms with Crippen molar-refractivity contribution in [3.63, 3.8) is 0 Å². The molecule has 9 heteroatoms. The number of furan rings is 1. The number of aliphatic hydroxyl groups is 1. The van der Waals surface area contributed by atoms with Crippen molar-refractivity contribution in [1.82, 2.24) is 10.6 Å². The van der Waals surface area contributed by atoms with Gasteiger partial charge in [0.1, 0.15) is 27.0 Å². The molecule has 7 nitrogen and oxygen atoms in total. The van der Waals surface area contributed by atoms with Crippen LogP contribution in [-0.2, 0) is 15.4 Å². The van der Waals surface area contributed by atoms with Crippen LogP contribution in [0.4, 0.5) is 0 Å². The van der Waals surface area contributed by atoms with Gasteiger partial charge in [-0.1, -0.05) is 0 Å². The van der Waals surface area contributed by atoms with Gasteiger partial charge in [0.15, 0.2) is 5.96 Å². The minimum absolute atomic E-state index is 0. The van der Waals surface area contributed by atoms with Crippen LogP contribution < -0.4 is 10.6 Å². The zero-order valence-corrected chi connectivity index (χ0v) is 17.8. The molecule has 0 aliphatic heterocycles. The number of guanidine groups is 1. The lowest BCUT2D eigenvalue weighted by Crippen LogP contribution is -2.39. The molecule has 3 N–H and O–H groups in total. The molecule has 0 spiro atoms. The molecule has 1 aromatic heterocycles. The van der Waals surface area contributed by atoms with E-state index in [1.165, 1.54) is 6.26 Å². The Bertz CT molecular complexity index is 626. The first-order valence-corrected chi connectivity index (χ1v) is 9.69. The number of nitrogens with one attached hydrogen (secondary N) is 2. The van der Waals surface area contributed by atoms with Gasteiger partial charge < -0.3 is 20.2 Å². The van der Waals surface area contributed by atoms with Crippen LogP contribution in [0.3, 0.4) is 0 Å². The quantitative estimate of drug-likeness (QED) is 0.228. The fourth-order valence-corrected chi connectivity index (χ4v) is 2.59. The Labute approximate surface area is 161 Å². The highest BCUT2D eigenvalue weighted by molar-refractivity contribution is 14.0. The number of aryl methyl sites for hydroxylation is 1. The Kier molecular flexibility index (Phi) is 9.90. The summed E-state index contributed by atoms with van der Waals surface area (Å²) in [5, 5.41) is 16.6. The third kappa shape index (κ3) is 8.88. The van der Waals surface area contributed by atoms with Gasteiger partial charge in [-0.25, -0.2) is 13.4 Å². The molecule has 1 atom stereocenters. The summed E-state index contributed by atoms with van der Waals surface area (Å²) >= 11 is 0. The second-order valence-corrected chi connectivity index (χ2v) is 8.05. The average Bonchev–Trinajstić information content (AvgIpc) is 2.87. The third-order valence-corrected chi connectivity index (χ3v) is 4.18. The molecule has 0 saturated carbocycles. The number of hydrogen-bond acceptors (Lipinski definition) is 5. The topological polar surface area (TPSA) is 104 Å². The smallest absolute Gasteiger partial charge is 0.191 e. The van der Waals surface area contributed by atoms with E-state index in [2.05, 4.69) is 15.6 Å². The summed E-state index contributed by atoms with van der Waals surface area (Å²) in [6.07, 6.45) is 1.71. The monoisotopic (exact) mass is 473 g/mol. The molecular weight excluding hydrogens is 445 g/mol. The van der Waals surface area contributed by atoms with E-state index in [9.17, 15) is 13.5 Å². The third-order valence-electron chi connectivity index (χ3n) is 3.14. The fourth-order valence-electron chi connectivity index (χ4n) is 1.92. The lowest BCUT2D eigenvalue weighted by molar-refractivity contribution is 0.0428. The van der Waals surface area contributed by atoms with E-state index in [1.54, 1.807) is 19.1 Å². The lowest BCUT2D eigenvalue weighted by Gasteiger charge is -2.19. The van der Waals surface area contributed by atoms with E-state index in [-0.39, 0.29) is 36.3 Å². The van der Waals surface area contributed by atoms with E-state index in [0.717, 1.165) is 5.76 Å². The number of sulfone groups is 1. The summed E-state index contributed by atoms with van der Waals surface area (Å²) in [5.74, 6) is 1.86. The van der Waals surface area contributed by atoms with E-state index in [0.29, 0.717) is 31.2 Å². The summed E-state index contributed by atoms with van der Waals surface area (Å²) in [6.45, 7) is 6.67. The molecule has 24 heavy (non-hydrogen) atoms. The van der Waals surface area contributed by atoms with E-state index in [1.807, 2.05) is 13.8 Å². The highest BCUT2D eigenvalue weighted by Gasteiger charge is 2.26. The molecule has 0 bridgehead atoms. The van der Waals surface area contributed by atoms with E-state index in [4.69, 9.17) is 4.42 Å². The van der Waals surface area contributed by atoms with Crippen molar-refractivity contribution in [3.05, 3.63) is 23.7 Å². The molecule has 0 aromatic carbocycles. The maximum atomic E-state index is 11.1. The van der Waals surface area contributed by atoms with Gasteiger partial charge in [-0.2, -0.15) is 0 Å². The number of halogens is 1. The minimum Gasteiger partial charge on any atom is -0.463 e. The van der Waals surface area contributed by atoms with Crippen molar-refractivity contribution in [2.24, 2.45) is 4.99 Å². The van der Waals surface area contributed by atoms with Crippen molar-refractivity contribution in [2.75, 3.05) is 31.6 Å². The normalized spacial score (nSPS) is 14.6. The van der Waals surface area contributed by atoms with Gasteiger partial charge in [0.25, 0.3) is 0 Å². The zero-order chi connectivity index (χ0) is 17.5. The molecule has 1 rings (SSSR count). The summed E-state index contributed by atoms with van der Waals surface area (Å²) in [7, 11) is -2.96. The van der Waals surface area contributed by atoms with Crippen molar-refractivity contribution in [3.8, 4) is 0 Å². The summed E-state index contributed by atoms with van der Waals surface area (Å²) < 4.78 is 27.7. The number of aliphatic imine (C=N–C) groups is 1. The fraction of sp³-hybridized carbons (Fsp3) is 0.667. The molecule has 0 radical (unpaired) electrons. The predicted octanol–water partition coefficient (Wildman–Crippen LogP) is 1.40. The Morgan fingerprint density at radius 2 is 2.04 bits per heavy atom. The average molecular weight is 473 g/mol. The van der Waals surface area contributed by atoms with Gasteiger partial charge in [0.05, 0.1) is 12.3 Å². The molecule has 0 saturated heterocycles. The predicted molar refractivity (Wildman–Crippen MR) is 107 cm³/mol. The van der Waals surface area contributed by atoms with Gasteiger partial charge >= 0.3 is 0 Å². The Morgan fingerprint density at radius 1 is 1.38 bits per heavy atom. The maximum Gasteiger partial charge on any atom is 0.191 e. The minimum atomic E-state index is -2.96. The second kappa shape index (κ2) is 10.2. The van der Waals surface area contributed by atoms with Crippen LogP contribution in [-0.4, -0.2) is 51.1 Å². The van der Waals surface area contributed by atoms with Gasteiger partial charge in [-0.15, -0.1) is 24.0 Å². The van der Waals surface area contributed by atoms with Crippen LogP contribution in [0.2, 0.25) is 0 Å². The van der Waals surface area contributed by atoms with Gasteiger partial charge in [0, 0.05) is 19.3 Å². The van der Waals surface area contributed by atoms with Crippen LogP contribution in [0.15, 0.2) is 21.5 Å². The zero-order valence-electron chi connectivity index (χ0n) is 14.6. The SMILES string of the molecule is CCNC(=NCC(C)(O)c1ccc(C)o1)NCCCS(C)(=O)=O.I. The van der Waals surface area contributed by atoms with Crippen LogP contribution in [0, 0.1) is 6.92 Å². The van der Waals surface area contributed by atoms with E-state index < -0.39 is 15.4 Å². The van der Waals surface area contributed by atoms with Crippen LogP contribution in [0.25, 0.3) is 0 Å². The lowest BCUT2D eigenvalue weighted by atomic mass is 10.0. The largest absolute Gasteiger partial charge is 0.463 e. The van der Waals surface area contributed by atoms with Gasteiger partial charge in [0.2, 0.25) is 0 Å². The van der Waals surface area contributed by atoms with Gasteiger partial charge in [-0.05, 0) is 39.3 Å². The highest BCUT2D eigenvalue weighted by Crippen LogP contribution is 2.22. The number of rotatable bonds is 8. The van der Waals surface area contributed by atoms with Crippen LogP contribution >= 0.6 is 24.0 Å². The van der Waals surface area contributed by atoms with Crippen molar-refractivity contribution in [2.45, 2.75) is 32.8 Å². The molecule has 0 aliphatic rings. The first kappa shape index (κ1) is 23.2. The second-order valence-electron chi connectivity index (χ2n) is 5.79. The van der Waals surface area contributed by atoms with Crippen molar-refractivity contribution >= 4 is 39.8 Å². The van der Waals surface area contributed by atoms with Crippen molar-refractivity contribution < 1.29 is 17.9 Å². The molecule has 1 heterocycles. The van der Waals surface area contributed by atoms with Gasteiger partial charge in [-0.3, -0.25) is 0 Å². The standard InChI is InChI=1S/C15H27N3O4S.HI/c1-5-16-14(17-9-6-10-23(4,20)21)18-11-15(3,19)13-8-7-12(2)22-13;/h7-8,19H,5-6,9-11H2,1-4H3,(H2,16,17,18);1H. The maximum absolute atomic E-state index is 11.1. The Hall–Kier alpha value is -0.810. The van der Waals surface area contributed by atoms with E-state index >= 15 is 0 Å². The Balaban J connectivity index is 0.00000529. The summed E-state index contributed by atoms with van der Waals surface area (Å²) in [6, 6.07) is 3.53. The molecular formula is C15H28IN3O4S. The van der Waals surface area contributed by atoms with Crippen molar-refractivity contribution in [1.29, 1.82) is 0 Å².